The number of aryl methyl sites for hydroxylation is 3. The molecule has 2 aromatic rings. The van der Waals surface area contributed by atoms with E-state index in [1.165, 1.54) is 46.9 Å². The van der Waals surface area contributed by atoms with E-state index >= 15 is 0 Å². The molecule has 0 spiro atoms. The molecule has 3 heteroatoms. The lowest BCUT2D eigenvalue weighted by atomic mass is 9.93. The summed E-state index contributed by atoms with van der Waals surface area (Å²) in [7, 11) is 0. The quantitative estimate of drug-likeness (QED) is 0.798. The van der Waals surface area contributed by atoms with Crippen molar-refractivity contribution in [1.82, 2.24) is 9.97 Å². The highest BCUT2D eigenvalue weighted by molar-refractivity contribution is 5.90. The van der Waals surface area contributed by atoms with Crippen LogP contribution in [0.1, 0.15) is 54.1 Å². The Hall–Kier alpha value is -1.64. The molecule has 0 atom stereocenters. The molecule has 0 aliphatic carbocycles. The number of anilines is 1. The number of rotatable bonds is 2. The van der Waals surface area contributed by atoms with E-state index in [0.29, 0.717) is 0 Å². The maximum Gasteiger partial charge on any atom is 0.226 e. The summed E-state index contributed by atoms with van der Waals surface area (Å²) in [6.07, 6.45) is 3.83. The fourth-order valence-corrected chi connectivity index (χ4v) is 3.89. The van der Waals surface area contributed by atoms with Gasteiger partial charge in [0.05, 0.1) is 11.2 Å². The lowest BCUT2D eigenvalue weighted by Gasteiger charge is -2.32. The summed E-state index contributed by atoms with van der Waals surface area (Å²) in [6.45, 7) is 15.4. The second kappa shape index (κ2) is 6.10. The van der Waals surface area contributed by atoms with E-state index in [0.717, 1.165) is 36.2 Å². The highest BCUT2D eigenvalue weighted by Crippen LogP contribution is 2.31. The predicted molar refractivity (Wildman–Crippen MR) is 98.5 cm³/mol. The minimum absolute atomic E-state index is 0.877. The van der Waals surface area contributed by atoms with Crippen molar-refractivity contribution in [1.29, 1.82) is 0 Å². The first kappa shape index (κ1) is 16.2. The van der Waals surface area contributed by atoms with Crippen LogP contribution < -0.4 is 4.90 Å². The van der Waals surface area contributed by atoms with Crippen LogP contribution in [0.4, 0.5) is 5.95 Å². The Labute approximate surface area is 140 Å². The lowest BCUT2D eigenvalue weighted by Crippen LogP contribution is -2.34. The van der Waals surface area contributed by atoms with Crippen LogP contribution in [-0.2, 0) is 0 Å². The van der Waals surface area contributed by atoms with Crippen LogP contribution >= 0.6 is 0 Å². The largest absolute Gasteiger partial charge is 0.341 e. The highest BCUT2D eigenvalue weighted by Gasteiger charge is 2.22. The number of fused-ring (bicyclic) bond motifs is 1. The topological polar surface area (TPSA) is 29.0 Å². The van der Waals surface area contributed by atoms with Crippen LogP contribution in [0.2, 0.25) is 0 Å². The van der Waals surface area contributed by atoms with Gasteiger partial charge in [-0.25, -0.2) is 9.97 Å². The van der Waals surface area contributed by atoms with Gasteiger partial charge in [-0.15, -0.1) is 0 Å². The van der Waals surface area contributed by atoms with E-state index < -0.39 is 0 Å². The molecule has 0 unspecified atom stereocenters. The third-order valence-corrected chi connectivity index (χ3v) is 5.97. The second-order valence-corrected chi connectivity index (χ2v) is 7.17. The van der Waals surface area contributed by atoms with Crippen molar-refractivity contribution in [2.24, 2.45) is 5.92 Å². The van der Waals surface area contributed by atoms with Crippen molar-refractivity contribution >= 4 is 16.9 Å². The monoisotopic (exact) mass is 311 g/mol. The maximum absolute atomic E-state index is 4.99. The van der Waals surface area contributed by atoms with Crippen LogP contribution in [0.15, 0.2) is 0 Å². The van der Waals surface area contributed by atoms with E-state index in [4.69, 9.17) is 9.97 Å². The summed E-state index contributed by atoms with van der Waals surface area (Å²) >= 11 is 0. The molecule has 2 heterocycles. The van der Waals surface area contributed by atoms with Gasteiger partial charge in [-0.2, -0.15) is 0 Å². The molecule has 124 valence electrons. The normalized spacial score (nSPS) is 16.3. The summed E-state index contributed by atoms with van der Waals surface area (Å²) in [5.74, 6) is 1.80. The number of piperidine rings is 1. The molecule has 23 heavy (non-hydrogen) atoms. The maximum atomic E-state index is 4.99. The van der Waals surface area contributed by atoms with Crippen molar-refractivity contribution < 1.29 is 0 Å². The molecule has 1 aliphatic heterocycles. The smallest absolute Gasteiger partial charge is 0.226 e. The summed E-state index contributed by atoms with van der Waals surface area (Å²) in [6, 6.07) is 0. The molecule has 1 fully saturated rings. The fourth-order valence-electron chi connectivity index (χ4n) is 3.89. The SMILES string of the molecule is CCC1CCN(c2nc(C)c3c(C)c(C)c(C)c(C)c3n2)CC1. The number of benzene rings is 1. The van der Waals surface area contributed by atoms with E-state index in [9.17, 15) is 0 Å². The number of aromatic nitrogens is 2. The molecule has 0 N–H and O–H groups in total. The molecule has 0 amide bonds. The Morgan fingerprint density at radius 2 is 1.48 bits per heavy atom. The van der Waals surface area contributed by atoms with Crippen molar-refractivity contribution in [3.8, 4) is 0 Å². The van der Waals surface area contributed by atoms with Gasteiger partial charge in [0.15, 0.2) is 0 Å². The average molecular weight is 311 g/mol. The van der Waals surface area contributed by atoms with Crippen LogP contribution in [-0.4, -0.2) is 23.1 Å². The third-order valence-electron chi connectivity index (χ3n) is 5.97. The third kappa shape index (κ3) is 2.71. The van der Waals surface area contributed by atoms with Gasteiger partial charge < -0.3 is 4.90 Å². The van der Waals surface area contributed by atoms with E-state index in [1.807, 2.05) is 0 Å². The zero-order valence-electron chi connectivity index (χ0n) is 15.5. The lowest BCUT2D eigenvalue weighted by molar-refractivity contribution is 0.392. The Morgan fingerprint density at radius 1 is 0.870 bits per heavy atom. The van der Waals surface area contributed by atoms with E-state index in [1.54, 1.807) is 0 Å². The van der Waals surface area contributed by atoms with E-state index in [-0.39, 0.29) is 0 Å². The highest BCUT2D eigenvalue weighted by atomic mass is 15.3. The Morgan fingerprint density at radius 3 is 2.09 bits per heavy atom. The van der Waals surface area contributed by atoms with Gasteiger partial charge in [-0.1, -0.05) is 13.3 Å². The van der Waals surface area contributed by atoms with Gasteiger partial charge in [0.25, 0.3) is 0 Å². The van der Waals surface area contributed by atoms with Crippen molar-refractivity contribution in [3.63, 3.8) is 0 Å². The molecule has 1 saturated heterocycles. The van der Waals surface area contributed by atoms with Crippen LogP contribution in [0, 0.1) is 40.5 Å². The summed E-state index contributed by atoms with van der Waals surface area (Å²) < 4.78 is 0. The standard InChI is InChI=1S/C20H29N3/c1-7-17-8-10-23(11-9-17)20-21-16(6)18-14(4)12(2)13(3)15(5)19(18)22-20/h17H,7-11H2,1-6H3. The predicted octanol–water partition coefficient (Wildman–Crippen LogP) is 4.80. The molecule has 1 aliphatic rings. The minimum atomic E-state index is 0.877. The van der Waals surface area contributed by atoms with Crippen molar-refractivity contribution in [3.05, 3.63) is 27.9 Å². The summed E-state index contributed by atoms with van der Waals surface area (Å²) in [5.41, 5.74) is 7.63. The van der Waals surface area contributed by atoms with Crippen LogP contribution in [0.3, 0.4) is 0 Å². The molecule has 3 rings (SSSR count). The number of hydrogen-bond donors (Lipinski definition) is 0. The Balaban J connectivity index is 2.08. The molecule has 0 bridgehead atoms. The molecule has 1 aromatic heterocycles. The van der Waals surface area contributed by atoms with Crippen LogP contribution in [0.5, 0.6) is 0 Å². The summed E-state index contributed by atoms with van der Waals surface area (Å²) in [5, 5.41) is 1.25. The fraction of sp³-hybridized carbons (Fsp3) is 0.600. The number of nitrogens with zero attached hydrogens (tertiary/aromatic N) is 3. The van der Waals surface area contributed by atoms with Gasteiger partial charge in [0, 0.05) is 18.5 Å². The van der Waals surface area contributed by atoms with Crippen molar-refractivity contribution in [2.45, 2.75) is 60.8 Å². The minimum Gasteiger partial charge on any atom is -0.341 e. The average Bonchev–Trinajstić information content (AvgIpc) is 2.57. The molecule has 1 aromatic carbocycles. The van der Waals surface area contributed by atoms with Gasteiger partial charge >= 0.3 is 0 Å². The Bertz CT molecular complexity index is 741. The van der Waals surface area contributed by atoms with Crippen LogP contribution in [0.25, 0.3) is 10.9 Å². The first-order valence-corrected chi connectivity index (χ1v) is 8.93. The first-order valence-electron chi connectivity index (χ1n) is 8.93. The van der Waals surface area contributed by atoms with Crippen molar-refractivity contribution in [2.75, 3.05) is 18.0 Å². The molecule has 0 saturated carbocycles. The number of hydrogen-bond acceptors (Lipinski definition) is 3. The zero-order valence-corrected chi connectivity index (χ0v) is 15.5. The Kier molecular flexibility index (Phi) is 4.31. The van der Waals surface area contributed by atoms with Gasteiger partial charge in [0.1, 0.15) is 0 Å². The first-order chi connectivity index (χ1) is 10.9. The molecular weight excluding hydrogens is 282 g/mol. The molecule has 0 radical (unpaired) electrons. The van der Waals surface area contributed by atoms with E-state index in [2.05, 4.69) is 46.4 Å². The zero-order chi connectivity index (χ0) is 16.7. The molecular formula is C20H29N3. The second-order valence-electron chi connectivity index (χ2n) is 7.17. The van der Waals surface area contributed by atoms with Gasteiger partial charge in [0.2, 0.25) is 5.95 Å². The summed E-state index contributed by atoms with van der Waals surface area (Å²) in [4.78, 5) is 12.2. The molecule has 3 nitrogen and oxygen atoms in total. The van der Waals surface area contributed by atoms with Gasteiger partial charge in [-0.05, 0) is 75.6 Å². The van der Waals surface area contributed by atoms with Gasteiger partial charge in [-0.3, -0.25) is 0 Å².